The number of nitrogens with two attached hydrogens (primary N) is 1. The molecule has 1 aromatic carbocycles. The minimum atomic E-state index is -4.02. The van der Waals surface area contributed by atoms with Crippen LogP contribution in [0.2, 0.25) is 0 Å². The first-order chi connectivity index (χ1) is 9.23. The smallest absolute Gasteiger partial charge is 0.246 e. The number of halogens is 1. The summed E-state index contributed by atoms with van der Waals surface area (Å²) in [5, 5.41) is 2.08. The van der Waals surface area contributed by atoms with Crippen molar-refractivity contribution in [1.82, 2.24) is 9.62 Å². The second kappa shape index (κ2) is 5.15. The average molecular weight is 362 g/mol. The van der Waals surface area contributed by atoms with Gasteiger partial charge in [0.25, 0.3) is 0 Å². The molecule has 0 spiro atoms. The van der Waals surface area contributed by atoms with Crippen molar-refractivity contribution in [1.29, 1.82) is 0 Å². The van der Waals surface area contributed by atoms with Crippen molar-refractivity contribution in [2.75, 3.05) is 12.3 Å². The zero-order valence-corrected chi connectivity index (χ0v) is 12.9. The molecule has 1 unspecified atom stereocenters. The zero-order chi connectivity index (χ0) is 15.1. The van der Waals surface area contributed by atoms with Crippen molar-refractivity contribution in [3.63, 3.8) is 0 Å². The van der Waals surface area contributed by atoms with Crippen LogP contribution in [0.4, 0.5) is 5.69 Å². The Kier molecular flexibility index (Phi) is 3.85. The van der Waals surface area contributed by atoms with Crippen LogP contribution in [0.25, 0.3) is 0 Å². The van der Waals surface area contributed by atoms with Crippen LogP contribution in [0.3, 0.4) is 0 Å². The van der Waals surface area contributed by atoms with E-state index in [0.29, 0.717) is 4.47 Å². The second-order valence-electron chi connectivity index (χ2n) is 4.32. The van der Waals surface area contributed by atoms with Gasteiger partial charge in [0, 0.05) is 4.47 Å². The molecule has 0 bridgehead atoms. The van der Waals surface area contributed by atoms with Gasteiger partial charge in [-0.15, -0.1) is 0 Å². The molecule has 108 valence electrons. The van der Waals surface area contributed by atoms with E-state index < -0.39 is 34.4 Å². The molecule has 1 saturated heterocycles. The Morgan fingerprint density at radius 1 is 1.40 bits per heavy atom. The van der Waals surface area contributed by atoms with E-state index in [4.69, 9.17) is 5.73 Å². The number of rotatable bonds is 2. The molecule has 1 aliphatic rings. The van der Waals surface area contributed by atoms with Gasteiger partial charge < -0.3 is 5.73 Å². The number of anilines is 1. The van der Waals surface area contributed by atoms with Crippen molar-refractivity contribution in [2.45, 2.75) is 17.9 Å². The number of nitrogen functional groups attached to an aromatic ring is 1. The Bertz CT molecular complexity index is 689. The number of nitrogens with one attached hydrogen (secondary N) is 1. The maximum Gasteiger partial charge on any atom is 0.246 e. The molecule has 1 aromatic rings. The summed E-state index contributed by atoms with van der Waals surface area (Å²) in [6.45, 7) is 0.999. The molecule has 20 heavy (non-hydrogen) atoms. The van der Waals surface area contributed by atoms with E-state index in [1.165, 1.54) is 25.1 Å². The molecule has 0 aromatic heterocycles. The van der Waals surface area contributed by atoms with Crippen molar-refractivity contribution in [3.05, 3.63) is 22.7 Å². The fourth-order valence-corrected chi connectivity index (χ4v) is 3.89. The van der Waals surface area contributed by atoms with Crippen LogP contribution in [0.15, 0.2) is 27.6 Å². The van der Waals surface area contributed by atoms with Crippen molar-refractivity contribution in [3.8, 4) is 0 Å². The SMILES string of the molecule is CC1C(=O)NC(=O)CN1S(=O)(=O)c1ccc(Br)cc1N. The van der Waals surface area contributed by atoms with Gasteiger partial charge in [0.1, 0.15) is 10.9 Å². The quantitative estimate of drug-likeness (QED) is 0.572. The molecule has 1 fully saturated rings. The molecule has 7 nitrogen and oxygen atoms in total. The molecule has 2 amide bonds. The number of sulfonamides is 1. The lowest BCUT2D eigenvalue weighted by molar-refractivity contribution is -0.136. The van der Waals surface area contributed by atoms with Crippen LogP contribution in [0.5, 0.6) is 0 Å². The Morgan fingerprint density at radius 3 is 2.65 bits per heavy atom. The topological polar surface area (TPSA) is 110 Å². The van der Waals surface area contributed by atoms with Gasteiger partial charge in [0.15, 0.2) is 0 Å². The van der Waals surface area contributed by atoms with E-state index in [0.717, 1.165) is 4.31 Å². The predicted octanol–water partition coefficient (Wildman–Crippen LogP) is 0.0669. The lowest BCUT2D eigenvalue weighted by Gasteiger charge is -2.30. The minimum Gasteiger partial charge on any atom is -0.398 e. The number of hydrogen-bond donors (Lipinski definition) is 2. The van der Waals surface area contributed by atoms with Crippen molar-refractivity contribution >= 4 is 43.5 Å². The van der Waals surface area contributed by atoms with E-state index in [1.807, 2.05) is 0 Å². The Hall–Kier alpha value is -1.45. The maximum atomic E-state index is 12.5. The Morgan fingerprint density at radius 2 is 2.05 bits per heavy atom. The number of amides is 2. The molecule has 0 saturated carbocycles. The minimum absolute atomic E-state index is 0.0463. The predicted molar refractivity (Wildman–Crippen MR) is 75.1 cm³/mol. The van der Waals surface area contributed by atoms with Gasteiger partial charge in [0.2, 0.25) is 21.8 Å². The number of carbonyl (C=O) groups excluding carboxylic acids is 2. The molecule has 2 rings (SSSR count). The standard InChI is InChI=1S/C11H12BrN3O4S/c1-6-11(17)14-10(16)5-15(6)20(18,19)9-3-2-7(12)4-8(9)13/h2-4,6H,5,13H2,1H3,(H,14,16,17). The molecular formula is C11H12BrN3O4S. The van der Waals surface area contributed by atoms with Crippen molar-refractivity contribution in [2.24, 2.45) is 0 Å². The number of benzene rings is 1. The summed E-state index contributed by atoms with van der Waals surface area (Å²) < 4.78 is 26.5. The van der Waals surface area contributed by atoms with Gasteiger partial charge >= 0.3 is 0 Å². The van der Waals surface area contributed by atoms with Crippen LogP contribution in [0, 0.1) is 0 Å². The van der Waals surface area contributed by atoms with Crippen LogP contribution in [0.1, 0.15) is 6.92 Å². The fourth-order valence-electron chi connectivity index (χ4n) is 1.86. The van der Waals surface area contributed by atoms with Crippen LogP contribution >= 0.6 is 15.9 Å². The summed E-state index contributed by atoms with van der Waals surface area (Å²) >= 11 is 3.18. The number of piperazine rings is 1. The van der Waals surface area contributed by atoms with Crippen LogP contribution in [-0.2, 0) is 19.6 Å². The lowest BCUT2D eigenvalue weighted by atomic mass is 10.2. The van der Waals surface area contributed by atoms with Gasteiger partial charge in [-0.3, -0.25) is 14.9 Å². The van der Waals surface area contributed by atoms with Crippen LogP contribution < -0.4 is 11.1 Å². The number of carbonyl (C=O) groups is 2. The Balaban J connectivity index is 2.48. The van der Waals surface area contributed by atoms with E-state index in [-0.39, 0.29) is 10.6 Å². The number of nitrogens with zero attached hydrogens (tertiary/aromatic N) is 1. The highest BCUT2D eigenvalue weighted by atomic mass is 79.9. The third-order valence-electron chi connectivity index (χ3n) is 2.93. The summed E-state index contributed by atoms with van der Waals surface area (Å²) in [5.41, 5.74) is 5.75. The fraction of sp³-hybridized carbons (Fsp3) is 0.273. The first kappa shape index (κ1) is 14.9. The van der Waals surface area contributed by atoms with E-state index >= 15 is 0 Å². The van der Waals surface area contributed by atoms with Crippen LogP contribution in [-0.4, -0.2) is 37.1 Å². The Labute approximate surface area is 124 Å². The summed E-state index contributed by atoms with van der Waals surface area (Å²) in [6.07, 6.45) is 0. The molecule has 0 aliphatic carbocycles. The molecule has 9 heteroatoms. The summed E-state index contributed by atoms with van der Waals surface area (Å²) in [7, 11) is -4.02. The van der Waals surface area contributed by atoms with Crippen molar-refractivity contribution < 1.29 is 18.0 Å². The largest absolute Gasteiger partial charge is 0.398 e. The van der Waals surface area contributed by atoms with E-state index in [1.54, 1.807) is 0 Å². The van der Waals surface area contributed by atoms with Gasteiger partial charge in [-0.2, -0.15) is 4.31 Å². The number of imide groups is 1. The average Bonchev–Trinajstić information content (AvgIpc) is 2.33. The molecule has 1 aliphatic heterocycles. The van der Waals surface area contributed by atoms with Gasteiger partial charge in [0.05, 0.1) is 12.2 Å². The maximum absolute atomic E-state index is 12.5. The molecule has 3 N–H and O–H groups in total. The summed E-state index contributed by atoms with van der Waals surface area (Å²) in [5.74, 6) is -1.31. The third kappa shape index (κ3) is 2.56. The van der Waals surface area contributed by atoms with E-state index in [2.05, 4.69) is 21.2 Å². The lowest BCUT2D eigenvalue weighted by Crippen LogP contribution is -2.58. The normalized spacial score (nSPS) is 20.8. The first-order valence-corrected chi connectivity index (χ1v) is 7.87. The highest BCUT2D eigenvalue weighted by Gasteiger charge is 2.39. The van der Waals surface area contributed by atoms with Gasteiger partial charge in [-0.1, -0.05) is 15.9 Å². The summed E-state index contributed by atoms with van der Waals surface area (Å²) in [4.78, 5) is 22.8. The van der Waals surface area contributed by atoms with Gasteiger partial charge in [-0.25, -0.2) is 8.42 Å². The van der Waals surface area contributed by atoms with E-state index in [9.17, 15) is 18.0 Å². The highest BCUT2D eigenvalue weighted by Crippen LogP contribution is 2.27. The molecule has 1 atom stereocenters. The zero-order valence-electron chi connectivity index (χ0n) is 10.5. The molecule has 1 heterocycles. The molecule has 0 radical (unpaired) electrons. The third-order valence-corrected chi connectivity index (χ3v) is 5.42. The second-order valence-corrected chi connectivity index (χ2v) is 7.10. The summed E-state index contributed by atoms with van der Waals surface area (Å²) in [6, 6.07) is 3.34. The molecular weight excluding hydrogens is 350 g/mol. The number of hydrogen-bond acceptors (Lipinski definition) is 5. The first-order valence-electron chi connectivity index (χ1n) is 5.64. The van der Waals surface area contributed by atoms with Gasteiger partial charge in [-0.05, 0) is 25.1 Å². The monoisotopic (exact) mass is 361 g/mol. The highest BCUT2D eigenvalue weighted by molar-refractivity contribution is 9.10.